The zero-order valence-electron chi connectivity index (χ0n) is 21.2. The van der Waals surface area contributed by atoms with Crippen LogP contribution in [0.25, 0.3) is 11.0 Å². The molecule has 1 aliphatic rings. The van der Waals surface area contributed by atoms with Gasteiger partial charge in [-0.25, -0.2) is 19.5 Å². The topological polar surface area (TPSA) is 87.8 Å². The van der Waals surface area contributed by atoms with Gasteiger partial charge in [0.05, 0.1) is 30.0 Å². The van der Waals surface area contributed by atoms with Gasteiger partial charge >= 0.3 is 11.8 Å². The third-order valence-corrected chi connectivity index (χ3v) is 6.78. The van der Waals surface area contributed by atoms with E-state index in [1.807, 2.05) is 43.3 Å². The van der Waals surface area contributed by atoms with E-state index >= 15 is 0 Å². The van der Waals surface area contributed by atoms with Gasteiger partial charge in [0.2, 0.25) is 0 Å². The van der Waals surface area contributed by atoms with Crippen LogP contribution < -0.4 is 15.3 Å². The molecule has 9 heteroatoms. The number of amides is 1. The minimum atomic E-state index is -0.570. The molecule has 1 fully saturated rings. The second-order valence-electron chi connectivity index (χ2n) is 9.11. The van der Waals surface area contributed by atoms with Gasteiger partial charge in [-0.05, 0) is 49.1 Å². The first kappa shape index (κ1) is 24.6. The number of hydrogen-bond donors (Lipinski definition) is 0. The number of aryl methyl sites for hydroxylation is 2. The van der Waals surface area contributed by atoms with Crippen LogP contribution in [-0.4, -0.2) is 40.5 Å². The number of pyridine rings is 1. The Morgan fingerprint density at radius 3 is 2.57 bits per heavy atom. The van der Waals surface area contributed by atoms with Crippen molar-refractivity contribution in [2.24, 2.45) is 7.05 Å². The molecule has 9 nitrogen and oxygen atoms in total. The highest BCUT2D eigenvalue weighted by atomic mass is 16.6. The summed E-state index contributed by atoms with van der Waals surface area (Å²) in [5.74, 6) is 1.05. The van der Waals surface area contributed by atoms with Crippen molar-refractivity contribution >= 4 is 28.6 Å². The van der Waals surface area contributed by atoms with Gasteiger partial charge in [-0.3, -0.25) is 9.13 Å². The Bertz CT molecular complexity index is 1470. The fraction of sp³-hybridized carbons (Fsp3) is 0.321. The van der Waals surface area contributed by atoms with Gasteiger partial charge in [0.25, 0.3) is 0 Å². The molecule has 3 heterocycles. The average Bonchev–Trinajstić information content (AvgIpc) is 3.18. The lowest BCUT2D eigenvalue weighted by Crippen LogP contribution is -2.30. The van der Waals surface area contributed by atoms with E-state index < -0.39 is 6.09 Å². The number of carbonyl (C=O) groups is 1. The Balaban J connectivity index is 1.59. The Morgan fingerprint density at radius 2 is 1.86 bits per heavy atom. The van der Waals surface area contributed by atoms with Crippen LogP contribution in [0.3, 0.4) is 0 Å². The molecule has 0 saturated carbocycles. The molecule has 0 atom stereocenters. The monoisotopic (exact) mass is 502 g/mol. The van der Waals surface area contributed by atoms with E-state index in [-0.39, 0.29) is 18.3 Å². The van der Waals surface area contributed by atoms with Crippen LogP contribution in [0.2, 0.25) is 0 Å². The van der Waals surface area contributed by atoms with Crippen molar-refractivity contribution in [1.82, 2.24) is 14.1 Å². The highest BCUT2D eigenvalue weighted by Crippen LogP contribution is 2.33. The maximum atomic E-state index is 13.6. The van der Waals surface area contributed by atoms with Gasteiger partial charge in [0.1, 0.15) is 18.2 Å². The SMILES string of the molecule is COc1ccc(N(C(=O)OCc2ccccc2)c2cc3c(cn2)n(C)c(=O)n3C2CCOCC2)c(C)c1. The summed E-state index contributed by atoms with van der Waals surface area (Å²) in [6.07, 6.45) is 2.56. The second kappa shape index (κ2) is 10.5. The fourth-order valence-electron chi connectivity index (χ4n) is 4.77. The normalized spacial score (nSPS) is 14.0. The van der Waals surface area contributed by atoms with Crippen molar-refractivity contribution in [3.63, 3.8) is 0 Å². The van der Waals surface area contributed by atoms with Crippen LogP contribution in [0.15, 0.2) is 65.6 Å². The van der Waals surface area contributed by atoms with Crippen LogP contribution in [0, 0.1) is 6.92 Å². The first-order valence-corrected chi connectivity index (χ1v) is 12.3. The third-order valence-electron chi connectivity index (χ3n) is 6.78. The second-order valence-corrected chi connectivity index (χ2v) is 9.11. The van der Waals surface area contributed by atoms with Gasteiger partial charge < -0.3 is 14.2 Å². The maximum absolute atomic E-state index is 13.6. The summed E-state index contributed by atoms with van der Waals surface area (Å²) >= 11 is 0. The maximum Gasteiger partial charge on any atom is 0.420 e. The number of methoxy groups -OCH3 is 1. The molecule has 0 N–H and O–H groups in total. The van der Waals surface area contributed by atoms with E-state index in [4.69, 9.17) is 14.2 Å². The van der Waals surface area contributed by atoms with Gasteiger partial charge in [0.15, 0.2) is 0 Å². The predicted octanol–water partition coefficient (Wildman–Crippen LogP) is 4.88. The molecule has 0 unspecified atom stereocenters. The molecule has 0 spiro atoms. The lowest BCUT2D eigenvalue weighted by molar-refractivity contribution is 0.0696. The standard InChI is InChI=1S/C28H30N4O5/c1-19-15-22(35-3)9-10-23(19)32(28(34)37-18-20-7-5-4-6-8-20)26-16-24-25(17-29-26)30(2)27(33)31(24)21-11-13-36-14-12-21/h4-10,15-17,21H,11-14,18H2,1-3H3. The van der Waals surface area contributed by atoms with Crippen molar-refractivity contribution < 1.29 is 19.0 Å². The van der Waals surface area contributed by atoms with Crippen LogP contribution >= 0.6 is 0 Å². The zero-order valence-corrected chi connectivity index (χ0v) is 21.2. The molecule has 2 aromatic carbocycles. The molecule has 0 aliphatic carbocycles. The first-order chi connectivity index (χ1) is 18.0. The van der Waals surface area contributed by atoms with Crippen LogP contribution in [0.4, 0.5) is 16.3 Å². The van der Waals surface area contributed by atoms with Gasteiger partial charge in [0, 0.05) is 32.4 Å². The number of carbonyl (C=O) groups excluding carboxylic acids is 1. The summed E-state index contributed by atoms with van der Waals surface area (Å²) in [7, 11) is 3.34. The number of benzene rings is 2. The lowest BCUT2D eigenvalue weighted by atomic mass is 10.1. The Morgan fingerprint density at radius 1 is 1.11 bits per heavy atom. The molecule has 1 saturated heterocycles. The molecule has 5 rings (SSSR count). The smallest absolute Gasteiger partial charge is 0.420 e. The van der Waals surface area contributed by atoms with E-state index in [9.17, 15) is 9.59 Å². The number of imidazole rings is 1. The van der Waals surface area contributed by atoms with Crippen molar-refractivity contribution in [1.29, 1.82) is 0 Å². The minimum absolute atomic E-state index is 0.0152. The average molecular weight is 503 g/mol. The fourth-order valence-corrected chi connectivity index (χ4v) is 4.77. The molecule has 2 aromatic heterocycles. The number of anilines is 2. The largest absolute Gasteiger partial charge is 0.497 e. The number of rotatable bonds is 6. The Kier molecular flexibility index (Phi) is 6.96. The number of aromatic nitrogens is 3. The molecule has 1 aliphatic heterocycles. The highest BCUT2D eigenvalue weighted by molar-refractivity contribution is 5.97. The molecule has 0 bridgehead atoms. The van der Waals surface area contributed by atoms with E-state index in [0.29, 0.717) is 36.0 Å². The molecule has 37 heavy (non-hydrogen) atoms. The summed E-state index contributed by atoms with van der Waals surface area (Å²) in [6, 6.07) is 16.8. The molecule has 0 radical (unpaired) electrons. The van der Waals surface area contributed by atoms with Crippen LogP contribution in [0.1, 0.15) is 30.0 Å². The van der Waals surface area contributed by atoms with Crippen molar-refractivity contribution in [2.75, 3.05) is 25.2 Å². The number of hydrogen-bond acceptors (Lipinski definition) is 6. The van der Waals surface area contributed by atoms with Crippen LogP contribution in [0.5, 0.6) is 5.75 Å². The summed E-state index contributed by atoms with van der Waals surface area (Å²) in [5, 5.41) is 0. The van der Waals surface area contributed by atoms with Crippen LogP contribution in [-0.2, 0) is 23.1 Å². The molecular weight excluding hydrogens is 472 g/mol. The van der Waals surface area contributed by atoms with E-state index in [1.54, 1.807) is 47.7 Å². The number of fused-ring (bicyclic) bond motifs is 1. The van der Waals surface area contributed by atoms with Gasteiger partial charge in [-0.1, -0.05) is 30.3 Å². The first-order valence-electron chi connectivity index (χ1n) is 12.3. The predicted molar refractivity (Wildman–Crippen MR) is 141 cm³/mol. The minimum Gasteiger partial charge on any atom is -0.497 e. The van der Waals surface area contributed by atoms with Gasteiger partial charge in [-0.15, -0.1) is 0 Å². The van der Waals surface area contributed by atoms with Crippen molar-refractivity contribution in [3.05, 3.63) is 82.4 Å². The summed E-state index contributed by atoms with van der Waals surface area (Å²) in [4.78, 5) is 32.8. The molecule has 4 aromatic rings. The molecule has 1 amide bonds. The zero-order chi connectivity index (χ0) is 25.9. The highest BCUT2D eigenvalue weighted by Gasteiger charge is 2.27. The molecule has 192 valence electrons. The van der Waals surface area contributed by atoms with Gasteiger partial charge in [-0.2, -0.15) is 0 Å². The Hall–Kier alpha value is -4.11. The van der Waals surface area contributed by atoms with E-state index in [2.05, 4.69) is 4.98 Å². The number of nitrogens with zero attached hydrogens (tertiary/aromatic N) is 4. The Labute approximate surface area is 214 Å². The summed E-state index contributed by atoms with van der Waals surface area (Å²) < 4.78 is 20.0. The lowest BCUT2D eigenvalue weighted by Gasteiger charge is -2.25. The third kappa shape index (κ3) is 4.82. The number of ether oxygens (including phenoxy) is 3. The van der Waals surface area contributed by atoms with E-state index in [1.165, 1.54) is 4.90 Å². The summed E-state index contributed by atoms with van der Waals surface area (Å²) in [5.41, 5.74) is 3.61. The van der Waals surface area contributed by atoms with Crippen molar-refractivity contribution in [3.8, 4) is 5.75 Å². The molecular formula is C28H30N4O5. The summed E-state index contributed by atoms with van der Waals surface area (Å²) in [6.45, 7) is 3.23. The van der Waals surface area contributed by atoms with Crippen molar-refractivity contribution in [2.45, 2.75) is 32.4 Å². The van der Waals surface area contributed by atoms with E-state index in [0.717, 1.165) is 29.5 Å². The quantitative estimate of drug-likeness (QED) is 0.374.